The maximum atomic E-state index is 14.5. The van der Waals surface area contributed by atoms with Gasteiger partial charge in [-0.2, -0.15) is 0 Å². The van der Waals surface area contributed by atoms with E-state index < -0.39 is 53.5 Å². The first-order chi connectivity index (χ1) is 27.6. The lowest BCUT2D eigenvalue weighted by molar-refractivity contribution is -0.141. The molecule has 0 bridgehead atoms. The number of hydrazine groups is 1. The number of hydrogen-bond donors (Lipinski definition) is 4. The number of urea groups is 1. The van der Waals surface area contributed by atoms with Crippen molar-refractivity contribution in [1.29, 1.82) is 0 Å². The molecule has 0 saturated carbocycles. The van der Waals surface area contributed by atoms with Crippen LogP contribution >= 0.6 is 0 Å². The molecule has 0 radical (unpaired) electrons. The molecule has 4 rings (SSSR count). The summed E-state index contributed by atoms with van der Waals surface area (Å²) in [5.74, 6) is -1.70. The fourth-order valence-electron chi connectivity index (χ4n) is 6.83. The third-order valence-electron chi connectivity index (χ3n) is 10.3. The Bertz CT molecular complexity index is 1850. The van der Waals surface area contributed by atoms with Crippen LogP contribution in [0.25, 0.3) is 0 Å². The number of amides is 5. The number of alkyl carbamates (subject to hydrolysis) is 1. The molecule has 1 fully saturated rings. The van der Waals surface area contributed by atoms with Crippen molar-refractivity contribution in [1.82, 2.24) is 35.9 Å². The molecule has 0 aliphatic carbocycles. The number of aliphatic hydroxyl groups excluding tert-OH is 1. The average molecular weight is 802 g/mol. The van der Waals surface area contributed by atoms with Gasteiger partial charge in [-0.25, -0.2) is 19.8 Å². The van der Waals surface area contributed by atoms with Crippen molar-refractivity contribution in [2.45, 2.75) is 91.7 Å². The summed E-state index contributed by atoms with van der Waals surface area (Å²) in [6.07, 6.45) is -1.32. The van der Waals surface area contributed by atoms with E-state index in [1.54, 1.807) is 54.8 Å². The number of carbonyl (C=O) groups is 5. The molecule has 15 nitrogen and oxygen atoms in total. The molecule has 58 heavy (non-hydrogen) atoms. The average Bonchev–Trinajstić information content (AvgIpc) is 3.55. The lowest BCUT2D eigenvalue weighted by atomic mass is 9.86. The van der Waals surface area contributed by atoms with Crippen LogP contribution in [0.15, 0.2) is 72.8 Å². The van der Waals surface area contributed by atoms with Crippen molar-refractivity contribution < 1.29 is 38.6 Å². The van der Waals surface area contributed by atoms with E-state index >= 15 is 0 Å². The Morgan fingerprint density at radius 1 is 0.914 bits per heavy atom. The van der Waals surface area contributed by atoms with Gasteiger partial charge in [0.2, 0.25) is 5.91 Å². The molecule has 1 aliphatic rings. The van der Waals surface area contributed by atoms with E-state index in [2.05, 4.69) is 21.0 Å². The van der Waals surface area contributed by atoms with Crippen molar-refractivity contribution in [3.8, 4) is 0 Å². The quantitative estimate of drug-likeness (QED) is 0.107. The predicted molar refractivity (Wildman–Crippen MR) is 218 cm³/mol. The number of rotatable bonds is 18. The number of hydrogen-bond acceptors (Lipinski definition) is 10. The highest BCUT2D eigenvalue weighted by atomic mass is 16.5. The van der Waals surface area contributed by atoms with Crippen LogP contribution in [0.4, 0.5) is 9.59 Å². The summed E-state index contributed by atoms with van der Waals surface area (Å²) < 4.78 is 9.64. The monoisotopic (exact) mass is 801 g/mol. The number of aryl methyl sites for hydroxylation is 1. The van der Waals surface area contributed by atoms with Gasteiger partial charge < -0.3 is 35.0 Å². The van der Waals surface area contributed by atoms with Gasteiger partial charge in [0, 0.05) is 25.3 Å². The minimum absolute atomic E-state index is 0.104. The highest BCUT2D eigenvalue weighted by Gasteiger charge is 2.42. The molecule has 1 saturated heterocycles. The second-order valence-corrected chi connectivity index (χ2v) is 15.8. The predicted octanol–water partition coefficient (Wildman–Crippen LogP) is 4.22. The summed E-state index contributed by atoms with van der Waals surface area (Å²) in [5.41, 5.74) is 5.82. The fraction of sp³-hybridized carbons (Fsp3) is 0.488. The number of carbonyl (C=O) groups excluding carboxylic acids is 5. The molecule has 15 heteroatoms. The number of aliphatic hydroxyl groups is 1. The van der Waals surface area contributed by atoms with E-state index in [4.69, 9.17) is 9.47 Å². The Balaban J connectivity index is 1.63. The second-order valence-electron chi connectivity index (χ2n) is 15.8. The van der Waals surface area contributed by atoms with Crippen LogP contribution in [0.3, 0.4) is 0 Å². The number of nitrogens with zero attached hydrogens (tertiary/aromatic N) is 4. The van der Waals surface area contributed by atoms with Gasteiger partial charge in [-0.1, -0.05) is 89.6 Å². The van der Waals surface area contributed by atoms with Crippen molar-refractivity contribution >= 4 is 29.9 Å². The number of aromatic nitrogens is 1. The first-order valence-corrected chi connectivity index (χ1v) is 19.6. The molecule has 1 aliphatic heterocycles. The lowest BCUT2D eigenvalue weighted by Gasteiger charge is -2.37. The first-order valence-electron chi connectivity index (χ1n) is 19.6. The Kier molecular flexibility index (Phi) is 16.2. The normalized spacial score (nSPS) is 15.5. The SMILES string of the molecule is CC[C@H](C)[C@@H](C(=O)N[C@@H](Cc1ccccc1)[C@@H](O)CN(NCc1ccc(C(=O)OC)cc1)C(=O)[C@@H](NC(=O)OC)C(C)(C)C)N1CCN(Cc2cccc(C)n2)C1=O. The van der Waals surface area contributed by atoms with Gasteiger partial charge in [0.25, 0.3) is 5.91 Å². The van der Waals surface area contributed by atoms with E-state index in [0.29, 0.717) is 37.2 Å². The van der Waals surface area contributed by atoms with Gasteiger partial charge in [-0.15, -0.1) is 0 Å². The van der Waals surface area contributed by atoms with Gasteiger partial charge in [0.05, 0.1) is 50.7 Å². The number of methoxy groups -OCH3 is 2. The van der Waals surface area contributed by atoms with Crippen LogP contribution in [-0.4, -0.2) is 113 Å². The number of benzene rings is 2. The minimum Gasteiger partial charge on any atom is -0.465 e. The maximum absolute atomic E-state index is 14.5. The molecule has 0 spiro atoms. The molecule has 1 aromatic heterocycles. The molecular formula is C43H59N7O8. The zero-order valence-corrected chi connectivity index (χ0v) is 34.9. The van der Waals surface area contributed by atoms with Gasteiger partial charge in [-0.05, 0) is 60.1 Å². The molecular weight excluding hydrogens is 743 g/mol. The highest BCUT2D eigenvalue weighted by Crippen LogP contribution is 2.24. The standard InChI is InChI=1S/C43H59N7O8/c1-9-28(2)36(49-23-22-48(42(49)56)26-33-17-13-14-29(3)45-33)38(52)46-34(24-30-15-11-10-12-16-30)35(51)27-50(39(53)37(43(4,5)6)47-41(55)58-8)44-25-31-18-20-32(21-19-31)40(54)57-7/h10-21,28,34-37,44,51H,9,22-27H2,1-8H3,(H,46,52)(H,47,55)/t28-,34-,35-,36-,37+/m0/s1. The number of nitrogens with one attached hydrogen (secondary N) is 3. The summed E-state index contributed by atoms with van der Waals surface area (Å²) in [6, 6.07) is 18.5. The van der Waals surface area contributed by atoms with Crippen LogP contribution in [0.1, 0.15) is 73.9 Å². The maximum Gasteiger partial charge on any atom is 0.407 e. The van der Waals surface area contributed by atoms with Gasteiger partial charge in [0.15, 0.2) is 0 Å². The van der Waals surface area contributed by atoms with Gasteiger partial charge in [-0.3, -0.25) is 19.6 Å². The van der Waals surface area contributed by atoms with Crippen LogP contribution in [0.5, 0.6) is 0 Å². The van der Waals surface area contributed by atoms with Crippen molar-refractivity contribution in [3.63, 3.8) is 0 Å². The lowest BCUT2D eigenvalue weighted by Crippen LogP contribution is -2.61. The third kappa shape index (κ3) is 12.2. The highest BCUT2D eigenvalue weighted by molar-refractivity contribution is 5.90. The number of pyridine rings is 1. The zero-order valence-electron chi connectivity index (χ0n) is 34.9. The van der Waals surface area contributed by atoms with Gasteiger partial charge in [0.1, 0.15) is 12.1 Å². The molecule has 0 unspecified atom stereocenters. The molecule has 5 atom stereocenters. The molecule has 3 aromatic rings. The van der Waals surface area contributed by atoms with E-state index in [1.165, 1.54) is 19.2 Å². The summed E-state index contributed by atoms with van der Waals surface area (Å²) in [5, 5.41) is 19.0. The third-order valence-corrected chi connectivity index (χ3v) is 10.3. The Morgan fingerprint density at radius 2 is 1.60 bits per heavy atom. The first kappa shape index (κ1) is 45.2. The van der Waals surface area contributed by atoms with E-state index in [0.717, 1.165) is 17.0 Å². The van der Waals surface area contributed by atoms with Crippen LogP contribution in [-0.2, 0) is 38.6 Å². The minimum atomic E-state index is -1.34. The van der Waals surface area contributed by atoms with E-state index in [1.807, 2.05) is 69.3 Å². The van der Waals surface area contributed by atoms with Crippen LogP contribution in [0.2, 0.25) is 0 Å². The summed E-state index contributed by atoms with van der Waals surface area (Å²) >= 11 is 0. The topological polar surface area (TPSA) is 183 Å². The number of esters is 1. The number of ether oxygens (including phenoxy) is 2. The molecule has 2 aromatic carbocycles. The second kappa shape index (κ2) is 20.8. The molecule has 4 N–H and O–H groups in total. The Hall–Kier alpha value is -5.54. The Labute approximate surface area is 341 Å². The smallest absolute Gasteiger partial charge is 0.407 e. The van der Waals surface area contributed by atoms with Crippen LogP contribution in [0, 0.1) is 18.3 Å². The fourth-order valence-corrected chi connectivity index (χ4v) is 6.83. The molecule has 314 valence electrons. The van der Waals surface area contributed by atoms with E-state index in [-0.39, 0.29) is 31.5 Å². The van der Waals surface area contributed by atoms with Crippen molar-refractivity contribution in [3.05, 3.63) is 101 Å². The van der Waals surface area contributed by atoms with Gasteiger partial charge >= 0.3 is 18.1 Å². The summed E-state index contributed by atoms with van der Waals surface area (Å²) in [6.45, 7) is 12.0. The van der Waals surface area contributed by atoms with Crippen LogP contribution < -0.4 is 16.1 Å². The van der Waals surface area contributed by atoms with E-state index in [9.17, 15) is 29.1 Å². The summed E-state index contributed by atoms with van der Waals surface area (Å²) in [7, 11) is 2.50. The Morgan fingerprint density at radius 3 is 2.21 bits per heavy atom. The molecule has 5 amide bonds. The zero-order chi connectivity index (χ0) is 42.6. The van der Waals surface area contributed by atoms with Crippen molar-refractivity contribution in [2.24, 2.45) is 11.3 Å². The molecule has 2 heterocycles. The summed E-state index contributed by atoms with van der Waals surface area (Å²) in [4.78, 5) is 75.0. The van der Waals surface area contributed by atoms with Crippen molar-refractivity contribution in [2.75, 3.05) is 33.9 Å². The largest absolute Gasteiger partial charge is 0.465 e.